The lowest BCUT2D eigenvalue weighted by molar-refractivity contribution is 0.101. The molecule has 100 valence electrons. The molecule has 0 atom stereocenters. The summed E-state index contributed by atoms with van der Waals surface area (Å²) in [5.41, 5.74) is 5.44. The average Bonchev–Trinajstić information content (AvgIpc) is 2.68. The van der Waals surface area contributed by atoms with E-state index in [0.29, 0.717) is 11.4 Å². The maximum atomic E-state index is 11.8. The number of nitrogens with one attached hydrogen (secondary N) is 2. The van der Waals surface area contributed by atoms with Gasteiger partial charge in [0.15, 0.2) is 5.78 Å². The number of aryl methyl sites for hydroxylation is 2. The molecule has 0 amide bonds. The van der Waals surface area contributed by atoms with Crippen LogP contribution in [0.4, 0.5) is 5.82 Å². The minimum atomic E-state index is 0.00926. The summed E-state index contributed by atoms with van der Waals surface area (Å²) >= 11 is 0. The van der Waals surface area contributed by atoms with Gasteiger partial charge >= 0.3 is 0 Å². The number of carbonyl (C=O) groups excluding carboxylic acids is 1. The number of rotatable bonds is 3. The molecule has 0 fully saturated rings. The summed E-state index contributed by atoms with van der Waals surface area (Å²) in [5.74, 6) is 0.627. The highest BCUT2D eigenvalue weighted by Gasteiger charge is 2.18. The monoisotopic (exact) mass is 258 g/mol. The number of nitrogens with zero attached hydrogens (tertiary/aromatic N) is 2. The number of aromatic amines is 1. The lowest BCUT2D eigenvalue weighted by Crippen LogP contribution is -2.07. The Morgan fingerprint density at radius 2 is 2.00 bits per heavy atom. The smallest absolute Gasteiger partial charge is 0.163 e. The highest BCUT2D eigenvalue weighted by Crippen LogP contribution is 2.32. The molecule has 19 heavy (non-hydrogen) atoms. The average molecular weight is 258 g/mol. The van der Waals surface area contributed by atoms with Gasteiger partial charge < -0.3 is 5.32 Å². The predicted molar refractivity (Wildman–Crippen MR) is 75.6 cm³/mol. The van der Waals surface area contributed by atoms with E-state index in [9.17, 15) is 4.79 Å². The minimum Gasteiger partial charge on any atom is -0.373 e. The molecular weight excluding hydrogens is 240 g/mol. The van der Waals surface area contributed by atoms with Crippen molar-refractivity contribution in [3.8, 4) is 11.1 Å². The van der Waals surface area contributed by atoms with Gasteiger partial charge in [-0.3, -0.25) is 9.89 Å². The zero-order valence-corrected chi connectivity index (χ0v) is 11.9. The van der Waals surface area contributed by atoms with Gasteiger partial charge in [0.05, 0.1) is 11.3 Å². The van der Waals surface area contributed by atoms with Gasteiger partial charge in [0, 0.05) is 30.1 Å². The molecule has 0 radical (unpaired) electrons. The zero-order valence-electron chi connectivity index (χ0n) is 11.9. The second-order valence-electron chi connectivity index (χ2n) is 4.64. The van der Waals surface area contributed by atoms with Gasteiger partial charge in [-0.25, -0.2) is 4.98 Å². The van der Waals surface area contributed by atoms with E-state index in [4.69, 9.17) is 0 Å². The molecule has 2 aromatic rings. The van der Waals surface area contributed by atoms with Gasteiger partial charge in [-0.1, -0.05) is 0 Å². The van der Waals surface area contributed by atoms with Gasteiger partial charge in [0.1, 0.15) is 5.82 Å². The van der Waals surface area contributed by atoms with Crippen molar-refractivity contribution in [2.45, 2.75) is 27.7 Å². The quantitative estimate of drug-likeness (QED) is 0.830. The van der Waals surface area contributed by atoms with Crippen LogP contribution < -0.4 is 5.32 Å². The first-order chi connectivity index (χ1) is 8.97. The van der Waals surface area contributed by atoms with E-state index in [1.54, 1.807) is 20.2 Å². The summed E-state index contributed by atoms with van der Waals surface area (Å²) in [6.07, 6.45) is 1.79. The van der Waals surface area contributed by atoms with Crippen molar-refractivity contribution in [3.05, 3.63) is 28.7 Å². The Hall–Kier alpha value is -2.17. The number of carbonyl (C=O) groups is 1. The van der Waals surface area contributed by atoms with E-state index in [0.717, 1.165) is 28.1 Å². The van der Waals surface area contributed by atoms with Crippen LogP contribution in [0.1, 0.15) is 34.2 Å². The van der Waals surface area contributed by atoms with E-state index in [2.05, 4.69) is 20.5 Å². The minimum absolute atomic E-state index is 0.00926. The molecule has 5 nitrogen and oxygen atoms in total. The zero-order chi connectivity index (χ0) is 14.2. The van der Waals surface area contributed by atoms with Crippen LogP contribution in [0, 0.1) is 20.8 Å². The molecule has 0 aliphatic rings. The van der Waals surface area contributed by atoms with Crippen LogP contribution in [-0.4, -0.2) is 28.0 Å². The van der Waals surface area contributed by atoms with Crippen LogP contribution in [0.3, 0.4) is 0 Å². The SMILES string of the molecule is CNc1ncc(-c2c(C)n[nH]c2C)c(C)c1C(C)=O. The number of anilines is 1. The Morgan fingerprint density at radius 1 is 1.32 bits per heavy atom. The fourth-order valence-corrected chi connectivity index (χ4v) is 2.42. The number of hydrogen-bond donors (Lipinski definition) is 2. The summed E-state index contributed by atoms with van der Waals surface area (Å²) in [6.45, 7) is 7.41. The largest absolute Gasteiger partial charge is 0.373 e. The van der Waals surface area contributed by atoms with Crippen LogP contribution in [0.15, 0.2) is 6.20 Å². The Labute approximate surface area is 112 Å². The van der Waals surface area contributed by atoms with Gasteiger partial charge in [-0.2, -0.15) is 5.10 Å². The third-order valence-corrected chi connectivity index (χ3v) is 3.32. The van der Waals surface area contributed by atoms with Crippen LogP contribution >= 0.6 is 0 Å². The van der Waals surface area contributed by atoms with Crippen molar-refractivity contribution < 1.29 is 4.79 Å². The molecule has 2 heterocycles. The van der Waals surface area contributed by atoms with Gasteiger partial charge in [-0.05, 0) is 33.3 Å². The first-order valence-corrected chi connectivity index (χ1v) is 6.17. The topological polar surface area (TPSA) is 70.7 Å². The molecule has 2 aromatic heterocycles. The second kappa shape index (κ2) is 4.84. The third kappa shape index (κ3) is 2.12. The predicted octanol–water partition coefficient (Wildman–Crippen LogP) is 2.64. The van der Waals surface area contributed by atoms with Crippen molar-refractivity contribution in [3.63, 3.8) is 0 Å². The summed E-state index contributed by atoms with van der Waals surface area (Å²) in [6, 6.07) is 0. The Kier molecular flexibility index (Phi) is 3.38. The highest BCUT2D eigenvalue weighted by molar-refractivity contribution is 6.01. The first kappa shape index (κ1) is 13.3. The first-order valence-electron chi connectivity index (χ1n) is 6.17. The molecule has 0 bridgehead atoms. The normalized spacial score (nSPS) is 10.6. The van der Waals surface area contributed by atoms with Crippen LogP contribution in [0.2, 0.25) is 0 Å². The molecule has 5 heteroatoms. The van der Waals surface area contributed by atoms with E-state index < -0.39 is 0 Å². The van der Waals surface area contributed by atoms with Crippen molar-refractivity contribution in [2.24, 2.45) is 0 Å². The molecule has 2 N–H and O–H groups in total. The fourth-order valence-electron chi connectivity index (χ4n) is 2.42. The molecule has 0 aliphatic heterocycles. The summed E-state index contributed by atoms with van der Waals surface area (Å²) in [5, 5.41) is 10.1. The Bertz CT molecular complexity index is 624. The maximum Gasteiger partial charge on any atom is 0.163 e. The highest BCUT2D eigenvalue weighted by atomic mass is 16.1. The summed E-state index contributed by atoms with van der Waals surface area (Å²) in [7, 11) is 1.77. The lowest BCUT2D eigenvalue weighted by Gasteiger charge is -2.13. The summed E-state index contributed by atoms with van der Waals surface area (Å²) < 4.78 is 0. The summed E-state index contributed by atoms with van der Waals surface area (Å²) in [4.78, 5) is 16.2. The molecule has 0 unspecified atom stereocenters. The number of aromatic nitrogens is 3. The van der Waals surface area contributed by atoms with Crippen molar-refractivity contribution in [1.29, 1.82) is 0 Å². The van der Waals surface area contributed by atoms with E-state index in [-0.39, 0.29) is 5.78 Å². The second-order valence-corrected chi connectivity index (χ2v) is 4.64. The van der Waals surface area contributed by atoms with Gasteiger partial charge in [-0.15, -0.1) is 0 Å². The molecular formula is C14H18N4O. The van der Waals surface area contributed by atoms with Crippen LogP contribution in [0.5, 0.6) is 0 Å². The molecule has 0 saturated carbocycles. The Balaban J connectivity index is 2.74. The maximum absolute atomic E-state index is 11.8. The van der Waals surface area contributed by atoms with Crippen LogP contribution in [-0.2, 0) is 0 Å². The standard InChI is InChI=1S/C14H18N4O/c1-7-11(13-8(2)17-18-9(13)3)6-16-14(15-5)12(7)10(4)19/h6H,1-5H3,(H,15,16)(H,17,18). The van der Waals surface area contributed by atoms with Gasteiger partial charge in [0.25, 0.3) is 0 Å². The van der Waals surface area contributed by atoms with Gasteiger partial charge in [0.2, 0.25) is 0 Å². The van der Waals surface area contributed by atoms with E-state index in [1.807, 2.05) is 20.8 Å². The lowest BCUT2D eigenvalue weighted by atomic mass is 9.96. The fraction of sp³-hybridized carbons (Fsp3) is 0.357. The van der Waals surface area contributed by atoms with Crippen molar-refractivity contribution in [1.82, 2.24) is 15.2 Å². The number of hydrogen-bond acceptors (Lipinski definition) is 4. The Morgan fingerprint density at radius 3 is 2.47 bits per heavy atom. The number of pyridine rings is 1. The van der Waals surface area contributed by atoms with E-state index in [1.165, 1.54) is 0 Å². The van der Waals surface area contributed by atoms with E-state index >= 15 is 0 Å². The number of H-pyrrole nitrogens is 1. The van der Waals surface area contributed by atoms with Crippen molar-refractivity contribution >= 4 is 11.6 Å². The molecule has 0 saturated heterocycles. The van der Waals surface area contributed by atoms with Crippen LogP contribution in [0.25, 0.3) is 11.1 Å². The number of Topliss-reactive ketones (excluding diaryl/α,β-unsaturated/α-hetero) is 1. The molecule has 0 aliphatic carbocycles. The van der Waals surface area contributed by atoms with Crippen molar-refractivity contribution in [2.75, 3.05) is 12.4 Å². The molecule has 0 aromatic carbocycles. The molecule has 2 rings (SSSR count). The molecule has 0 spiro atoms. The number of ketones is 1. The third-order valence-electron chi connectivity index (χ3n) is 3.32.